The summed E-state index contributed by atoms with van der Waals surface area (Å²) >= 11 is 0. The minimum atomic E-state index is -0.290. The summed E-state index contributed by atoms with van der Waals surface area (Å²) in [4.78, 5) is 33.9. The Labute approximate surface area is 175 Å². The van der Waals surface area contributed by atoms with Crippen LogP contribution in [0.15, 0.2) is 53.5 Å². The number of hydrogen-bond acceptors (Lipinski definition) is 5. The SMILES string of the molecule is CCN1CCN(c2ccc(NC(=O)Cn3c(=O)cnc4ccccc43)c(C)c2)CC1. The van der Waals surface area contributed by atoms with Crippen LogP contribution in [0.25, 0.3) is 11.0 Å². The standard InChI is InChI=1S/C23H27N5O2/c1-3-26-10-12-27(13-11-26)18-8-9-19(17(2)14-18)25-22(29)16-28-21-7-5-4-6-20(21)24-15-23(28)30/h4-9,14-15H,3,10-13,16H2,1-2H3,(H,25,29). The van der Waals surface area contributed by atoms with Crippen LogP contribution in [-0.2, 0) is 11.3 Å². The van der Waals surface area contributed by atoms with Crippen LogP contribution in [0.1, 0.15) is 12.5 Å². The van der Waals surface area contributed by atoms with Crippen molar-refractivity contribution in [1.82, 2.24) is 14.5 Å². The average Bonchev–Trinajstić information content (AvgIpc) is 2.77. The molecule has 1 aliphatic rings. The molecule has 4 rings (SSSR count). The summed E-state index contributed by atoms with van der Waals surface area (Å²) in [6.45, 7) is 9.39. The molecule has 156 valence electrons. The Morgan fingerprint density at radius 1 is 1.10 bits per heavy atom. The van der Waals surface area contributed by atoms with E-state index in [2.05, 4.69) is 39.2 Å². The maximum absolute atomic E-state index is 12.7. The van der Waals surface area contributed by atoms with Gasteiger partial charge in [0.25, 0.3) is 5.56 Å². The Morgan fingerprint density at radius 3 is 2.60 bits per heavy atom. The third-order valence-electron chi connectivity index (χ3n) is 5.72. The fourth-order valence-electron chi connectivity index (χ4n) is 3.92. The third kappa shape index (κ3) is 4.21. The number of rotatable bonds is 5. The van der Waals surface area contributed by atoms with Crippen LogP contribution in [0.2, 0.25) is 0 Å². The van der Waals surface area contributed by atoms with E-state index in [0.717, 1.165) is 44.0 Å². The van der Waals surface area contributed by atoms with Gasteiger partial charge in [-0.25, -0.2) is 4.98 Å². The predicted molar refractivity (Wildman–Crippen MR) is 120 cm³/mol. The van der Waals surface area contributed by atoms with E-state index in [9.17, 15) is 9.59 Å². The van der Waals surface area contributed by atoms with E-state index in [-0.39, 0.29) is 18.0 Å². The molecule has 0 bridgehead atoms. The molecule has 7 nitrogen and oxygen atoms in total. The van der Waals surface area contributed by atoms with Crippen LogP contribution in [0.5, 0.6) is 0 Å². The summed E-state index contributed by atoms with van der Waals surface area (Å²) in [7, 11) is 0. The first-order chi connectivity index (χ1) is 14.5. The van der Waals surface area contributed by atoms with Gasteiger partial charge in [-0.15, -0.1) is 0 Å². The molecule has 2 heterocycles. The summed E-state index contributed by atoms with van der Waals surface area (Å²) in [5.41, 5.74) is 4.00. The highest BCUT2D eigenvalue weighted by Crippen LogP contribution is 2.24. The van der Waals surface area contributed by atoms with Gasteiger partial charge in [0.05, 0.1) is 17.2 Å². The molecule has 0 unspecified atom stereocenters. The second-order valence-electron chi connectivity index (χ2n) is 7.64. The fourth-order valence-corrected chi connectivity index (χ4v) is 3.92. The van der Waals surface area contributed by atoms with E-state index >= 15 is 0 Å². The van der Waals surface area contributed by atoms with Crippen LogP contribution in [0.4, 0.5) is 11.4 Å². The number of carbonyl (C=O) groups excluding carboxylic acids is 1. The van der Waals surface area contributed by atoms with Crippen LogP contribution in [0.3, 0.4) is 0 Å². The number of amides is 1. The van der Waals surface area contributed by atoms with E-state index in [1.165, 1.54) is 16.5 Å². The van der Waals surface area contributed by atoms with Crippen molar-refractivity contribution in [3.05, 3.63) is 64.6 Å². The minimum absolute atomic E-state index is 0.0535. The Morgan fingerprint density at radius 2 is 1.87 bits per heavy atom. The van der Waals surface area contributed by atoms with Crippen LogP contribution >= 0.6 is 0 Å². The zero-order valence-corrected chi connectivity index (χ0v) is 17.5. The van der Waals surface area contributed by atoms with E-state index in [1.54, 1.807) is 6.07 Å². The monoisotopic (exact) mass is 405 g/mol. The number of carbonyl (C=O) groups is 1. The Kier molecular flexibility index (Phi) is 5.81. The summed E-state index contributed by atoms with van der Waals surface area (Å²) in [6, 6.07) is 13.4. The lowest BCUT2D eigenvalue weighted by molar-refractivity contribution is -0.116. The third-order valence-corrected chi connectivity index (χ3v) is 5.72. The maximum atomic E-state index is 12.7. The normalized spacial score (nSPS) is 14.8. The number of nitrogens with zero attached hydrogens (tertiary/aromatic N) is 4. The first kappa shape index (κ1) is 20.1. The molecule has 0 atom stereocenters. The maximum Gasteiger partial charge on any atom is 0.269 e. The summed E-state index contributed by atoms with van der Waals surface area (Å²) in [5.74, 6) is -0.235. The van der Waals surface area contributed by atoms with Gasteiger partial charge < -0.3 is 15.1 Å². The van der Waals surface area contributed by atoms with Gasteiger partial charge in [0.1, 0.15) is 6.54 Å². The van der Waals surface area contributed by atoms with E-state index in [1.807, 2.05) is 31.2 Å². The molecule has 1 fully saturated rings. The molecule has 30 heavy (non-hydrogen) atoms. The van der Waals surface area contributed by atoms with E-state index in [0.29, 0.717) is 11.0 Å². The number of aromatic nitrogens is 2. The second-order valence-corrected chi connectivity index (χ2v) is 7.64. The Bertz CT molecular complexity index is 1120. The van der Waals surface area contributed by atoms with Crippen molar-refractivity contribution in [2.24, 2.45) is 0 Å². The van der Waals surface area contributed by atoms with Crippen LogP contribution in [0, 0.1) is 6.92 Å². The van der Waals surface area contributed by atoms with Gasteiger partial charge in [-0.2, -0.15) is 0 Å². The predicted octanol–water partition coefficient (Wildman–Crippen LogP) is 2.49. The molecule has 1 aliphatic heterocycles. The van der Waals surface area contributed by atoms with Crippen molar-refractivity contribution >= 4 is 28.3 Å². The largest absolute Gasteiger partial charge is 0.369 e. The summed E-state index contributed by atoms with van der Waals surface area (Å²) in [6.07, 6.45) is 1.26. The first-order valence-corrected chi connectivity index (χ1v) is 10.4. The van der Waals surface area contributed by atoms with Crippen molar-refractivity contribution in [3.8, 4) is 0 Å². The number of para-hydroxylation sites is 2. The highest BCUT2D eigenvalue weighted by atomic mass is 16.2. The molecular formula is C23H27N5O2. The van der Waals surface area contributed by atoms with Crippen LogP contribution in [-0.4, -0.2) is 53.1 Å². The zero-order chi connectivity index (χ0) is 21.1. The lowest BCUT2D eigenvalue weighted by atomic mass is 10.1. The quantitative estimate of drug-likeness (QED) is 0.706. The minimum Gasteiger partial charge on any atom is -0.369 e. The Balaban J connectivity index is 1.47. The van der Waals surface area contributed by atoms with Crippen molar-refractivity contribution in [2.45, 2.75) is 20.4 Å². The molecule has 1 amide bonds. The number of piperazine rings is 1. The molecule has 1 N–H and O–H groups in total. The lowest BCUT2D eigenvalue weighted by Gasteiger charge is -2.35. The molecule has 0 saturated carbocycles. The number of likely N-dealkylation sites (N-methyl/N-ethyl adjacent to an activating group) is 1. The van der Waals surface area contributed by atoms with Gasteiger partial charge in [0, 0.05) is 37.6 Å². The average molecular weight is 406 g/mol. The topological polar surface area (TPSA) is 70.5 Å². The van der Waals surface area contributed by atoms with Gasteiger partial charge in [-0.05, 0) is 49.4 Å². The van der Waals surface area contributed by atoms with Crippen molar-refractivity contribution in [2.75, 3.05) is 42.9 Å². The van der Waals surface area contributed by atoms with Gasteiger partial charge in [-0.1, -0.05) is 19.1 Å². The van der Waals surface area contributed by atoms with Crippen molar-refractivity contribution < 1.29 is 4.79 Å². The molecule has 3 aromatic rings. The number of fused-ring (bicyclic) bond motifs is 1. The second kappa shape index (κ2) is 8.67. The van der Waals surface area contributed by atoms with Gasteiger partial charge >= 0.3 is 0 Å². The summed E-state index contributed by atoms with van der Waals surface area (Å²) in [5, 5.41) is 2.95. The summed E-state index contributed by atoms with van der Waals surface area (Å²) < 4.78 is 1.45. The van der Waals surface area contributed by atoms with E-state index < -0.39 is 0 Å². The van der Waals surface area contributed by atoms with Crippen LogP contribution < -0.4 is 15.8 Å². The van der Waals surface area contributed by atoms with Gasteiger partial charge in [0.2, 0.25) is 5.91 Å². The molecule has 2 aromatic carbocycles. The van der Waals surface area contributed by atoms with E-state index in [4.69, 9.17) is 0 Å². The number of benzene rings is 2. The smallest absolute Gasteiger partial charge is 0.269 e. The molecule has 1 saturated heterocycles. The zero-order valence-electron chi connectivity index (χ0n) is 17.5. The first-order valence-electron chi connectivity index (χ1n) is 10.4. The molecule has 0 radical (unpaired) electrons. The molecule has 7 heteroatoms. The van der Waals surface area contributed by atoms with Crippen molar-refractivity contribution in [1.29, 1.82) is 0 Å². The van der Waals surface area contributed by atoms with Gasteiger partial charge in [0.15, 0.2) is 0 Å². The molecule has 1 aromatic heterocycles. The fraction of sp³-hybridized carbons (Fsp3) is 0.348. The Hall–Kier alpha value is -3.19. The number of anilines is 2. The highest BCUT2D eigenvalue weighted by molar-refractivity contribution is 5.92. The molecule has 0 spiro atoms. The molecule has 0 aliphatic carbocycles. The number of hydrogen-bond donors (Lipinski definition) is 1. The lowest BCUT2D eigenvalue weighted by Crippen LogP contribution is -2.46. The van der Waals surface area contributed by atoms with Crippen molar-refractivity contribution in [3.63, 3.8) is 0 Å². The molecular weight excluding hydrogens is 378 g/mol. The number of nitrogens with one attached hydrogen (secondary N) is 1. The number of aryl methyl sites for hydroxylation is 1. The highest BCUT2D eigenvalue weighted by Gasteiger charge is 2.17. The van der Waals surface area contributed by atoms with Gasteiger partial charge in [-0.3, -0.25) is 14.2 Å².